The third kappa shape index (κ3) is 2.59. The van der Waals surface area contributed by atoms with E-state index in [0.717, 1.165) is 24.1 Å². The van der Waals surface area contributed by atoms with Crippen LogP contribution in [-0.2, 0) is 0 Å². The van der Waals surface area contributed by atoms with Crippen LogP contribution < -0.4 is 4.90 Å². The first-order valence-corrected chi connectivity index (χ1v) is 5.75. The molecule has 1 saturated carbocycles. The predicted octanol–water partition coefficient (Wildman–Crippen LogP) is 2.67. The maximum atomic E-state index is 5.90. The van der Waals surface area contributed by atoms with E-state index in [4.69, 9.17) is 11.6 Å². The Hall–Kier alpha value is -0.830. The van der Waals surface area contributed by atoms with Crippen LogP contribution >= 0.6 is 11.6 Å². The Morgan fingerprint density at radius 3 is 2.73 bits per heavy atom. The van der Waals surface area contributed by atoms with Gasteiger partial charge in [-0.05, 0) is 25.7 Å². The van der Waals surface area contributed by atoms with Gasteiger partial charge in [0.05, 0.1) is 0 Å². The molecule has 3 nitrogen and oxygen atoms in total. The summed E-state index contributed by atoms with van der Waals surface area (Å²) in [5, 5.41) is 0.526. The quantitative estimate of drug-likeness (QED) is 0.741. The molecule has 0 bridgehead atoms. The Morgan fingerprint density at radius 1 is 1.47 bits per heavy atom. The fourth-order valence-electron chi connectivity index (χ4n) is 1.87. The Balaban J connectivity index is 2.06. The molecule has 1 aliphatic rings. The van der Waals surface area contributed by atoms with Gasteiger partial charge in [-0.1, -0.05) is 18.0 Å². The SMILES string of the molecule is Cc1nc(Cl)cc(N(C)CC2CCC2)n1. The van der Waals surface area contributed by atoms with Gasteiger partial charge in [-0.25, -0.2) is 9.97 Å². The lowest BCUT2D eigenvalue weighted by Gasteiger charge is -2.30. The summed E-state index contributed by atoms with van der Waals surface area (Å²) in [5.74, 6) is 2.50. The molecular weight excluding hydrogens is 210 g/mol. The normalized spacial score (nSPS) is 16.2. The lowest BCUT2D eigenvalue weighted by molar-refractivity contribution is 0.321. The maximum Gasteiger partial charge on any atom is 0.134 e. The first kappa shape index (κ1) is 10.7. The van der Waals surface area contributed by atoms with Gasteiger partial charge in [0, 0.05) is 19.7 Å². The van der Waals surface area contributed by atoms with Crippen molar-refractivity contribution >= 4 is 17.4 Å². The Labute approximate surface area is 95.5 Å². The van der Waals surface area contributed by atoms with E-state index < -0.39 is 0 Å². The molecule has 2 rings (SSSR count). The molecule has 15 heavy (non-hydrogen) atoms. The number of halogens is 1. The second kappa shape index (κ2) is 4.35. The van der Waals surface area contributed by atoms with E-state index in [0.29, 0.717) is 5.15 Å². The summed E-state index contributed by atoms with van der Waals surface area (Å²) >= 11 is 5.90. The first-order valence-electron chi connectivity index (χ1n) is 5.37. The van der Waals surface area contributed by atoms with E-state index in [1.807, 2.05) is 13.0 Å². The molecule has 4 heteroatoms. The molecule has 0 saturated heterocycles. The van der Waals surface area contributed by atoms with Gasteiger partial charge in [-0.3, -0.25) is 0 Å². The molecule has 0 unspecified atom stereocenters. The molecular formula is C11H16ClN3. The summed E-state index contributed by atoms with van der Waals surface area (Å²) < 4.78 is 0. The Morgan fingerprint density at radius 2 is 2.20 bits per heavy atom. The second-order valence-corrected chi connectivity index (χ2v) is 4.66. The van der Waals surface area contributed by atoms with Crippen LogP contribution in [0.4, 0.5) is 5.82 Å². The minimum atomic E-state index is 0.526. The number of hydrogen-bond donors (Lipinski definition) is 0. The number of aromatic nitrogens is 2. The molecule has 1 aromatic rings. The maximum absolute atomic E-state index is 5.90. The molecule has 0 amide bonds. The number of hydrogen-bond acceptors (Lipinski definition) is 3. The largest absolute Gasteiger partial charge is 0.359 e. The van der Waals surface area contributed by atoms with Gasteiger partial charge in [0.2, 0.25) is 0 Å². The molecule has 0 aromatic carbocycles. The van der Waals surface area contributed by atoms with Crippen molar-refractivity contribution < 1.29 is 0 Å². The van der Waals surface area contributed by atoms with E-state index >= 15 is 0 Å². The van der Waals surface area contributed by atoms with Gasteiger partial charge in [-0.15, -0.1) is 0 Å². The minimum absolute atomic E-state index is 0.526. The van der Waals surface area contributed by atoms with Crippen LogP contribution in [0.3, 0.4) is 0 Å². The lowest BCUT2D eigenvalue weighted by atomic mass is 9.85. The molecule has 1 aromatic heterocycles. The van der Waals surface area contributed by atoms with Crippen molar-refractivity contribution in [1.82, 2.24) is 9.97 Å². The zero-order valence-electron chi connectivity index (χ0n) is 9.20. The molecule has 0 radical (unpaired) electrons. The average Bonchev–Trinajstić information content (AvgIpc) is 2.09. The molecule has 0 aliphatic heterocycles. The van der Waals surface area contributed by atoms with Crippen molar-refractivity contribution in [3.05, 3.63) is 17.0 Å². The highest BCUT2D eigenvalue weighted by Gasteiger charge is 2.19. The Bertz CT molecular complexity index is 329. The van der Waals surface area contributed by atoms with Crippen molar-refractivity contribution in [3.8, 4) is 0 Å². The fourth-order valence-corrected chi connectivity index (χ4v) is 2.09. The van der Waals surface area contributed by atoms with E-state index in [1.165, 1.54) is 19.3 Å². The molecule has 1 fully saturated rings. The highest BCUT2D eigenvalue weighted by molar-refractivity contribution is 6.29. The highest BCUT2D eigenvalue weighted by atomic mass is 35.5. The lowest BCUT2D eigenvalue weighted by Crippen LogP contribution is -2.30. The van der Waals surface area contributed by atoms with E-state index in [2.05, 4.69) is 21.9 Å². The van der Waals surface area contributed by atoms with E-state index in [1.54, 1.807) is 0 Å². The summed E-state index contributed by atoms with van der Waals surface area (Å²) in [6.45, 7) is 2.94. The van der Waals surface area contributed by atoms with Crippen LogP contribution in [0.2, 0.25) is 5.15 Å². The smallest absolute Gasteiger partial charge is 0.134 e. The first-order chi connectivity index (χ1) is 7.15. The monoisotopic (exact) mass is 225 g/mol. The van der Waals surface area contributed by atoms with Crippen LogP contribution in [0.5, 0.6) is 0 Å². The van der Waals surface area contributed by atoms with Gasteiger partial charge < -0.3 is 4.90 Å². The highest BCUT2D eigenvalue weighted by Crippen LogP contribution is 2.28. The molecule has 82 valence electrons. The third-order valence-electron chi connectivity index (χ3n) is 2.94. The Kier molecular flexibility index (Phi) is 3.10. The molecule has 0 atom stereocenters. The summed E-state index contributed by atoms with van der Waals surface area (Å²) in [4.78, 5) is 10.6. The number of anilines is 1. The van der Waals surface area contributed by atoms with Crippen LogP contribution in [0, 0.1) is 12.8 Å². The zero-order valence-corrected chi connectivity index (χ0v) is 9.96. The molecule has 1 heterocycles. The number of rotatable bonds is 3. The summed E-state index contributed by atoms with van der Waals surface area (Å²) in [7, 11) is 2.07. The van der Waals surface area contributed by atoms with Gasteiger partial charge in [0.25, 0.3) is 0 Å². The predicted molar refractivity (Wildman–Crippen MR) is 62.4 cm³/mol. The van der Waals surface area contributed by atoms with Crippen molar-refractivity contribution in [1.29, 1.82) is 0 Å². The van der Waals surface area contributed by atoms with Crippen molar-refractivity contribution in [2.24, 2.45) is 5.92 Å². The van der Waals surface area contributed by atoms with Crippen LogP contribution in [0.1, 0.15) is 25.1 Å². The minimum Gasteiger partial charge on any atom is -0.359 e. The van der Waals surface area contributed by atoms with E-state index in [9.17, 15) is 0 Å². The van der Waals surface area contributed by atoms with Gasteiger partial charge in [-0.2, -0.15) is 0 Å². The summed E-state index contributed by atoms with van der Waals surface area (Å²) in [5.41, 5.74) is 0. The zero-order chi connectivity index (χ0) is 10.8. The van der Waals surface area contributed by atoms with Crippen molar-refractivity contribution in [3.63, 3.8) is 0 Å². The van der Waals surface area contributed by atoms with E-state index in [-0.39, 0.29) is 0 Å². The van der Waals surface area contributed by atoms with Crippen molar-refractivity contribution in [2.75, 3.05) is 18.5 Å². The van der Waals surface area contributed by atoms with Gasteiger partial charge in [0.1, 0.15) is 16.8 Å². The van der Waals surface area contributed by atoms with Gasteiger partial charge >= 0.3 is 0 Å². The van der Waals surface area contributed by atoms with Crippen LogP contribution in [-0.4, -0.2) is 23.6 Å². The molecule has 1 aliphatic carbocycles. The fraction of sp³-hybridized carbons (Fsp3) is 0.636. The standard InChI is InChI=1S/C11H16ClN3/c1-8-13-10(12)6-11(14-8)15(2)7-9-4-3-5-9/h6,9H,3-5,7H2,1-2H3. The van der Waals surface area contributed by atoms with Gasteiger partial charge in [0.15, 0.2) is 0 Å². The second-order valence-electron chi connectivity index (χ2n) is 4.27. The number of nitrogens with zero attached hydrogens (tertiary/aromatic N) is 3. The summed E-state index contributed by atoms with van der Waals surface area (Å²) in [6, 6.07) is 1.83. The average molecular weight is 226 g/mol. The molecule has 0 spiro atoms. The molecule has 0 N–H and O–H groups in total. The third-order valence-corrected chi connectivity index (χ3v) is 3.13. The van der Waals surface area contributed by atoms with Crippen LogP contribution in [0.15, 0.2) is 6.07 Å². The van der Waals surface area contributed by atoms with Crippen molar-refractivity contribution in [2.45, 2.75) is 26.2 Å². The topological polar surface area (TPSA) is 29.0 Å². The van der Waals surface area contributed by atoms with Crippen LogP contribution in [0.25, 0.3) is 0 Å². The number of aryl methyl sites for hydroxylation is 1. The summed E-state index contributed by atoms with van der Waals surface area (Å²) in [6.07, 6.45) is 4.08.